The van der Waals surface area contributed by atoms with Crippen molar-refractivity contribution in [3.63, 3.8) is 0 Å². The van der Waals surface area contributed by atoms with E-state index in [1.165, 1.54) is 0 Å². The summed E-state index contributed by atoms with van der Waals surface area (Å²) in [4.78, 5) is 0. The first-order valence-corrected chi connectivity index (χ1v) is 7.25. The van der Waals surface area contributed by atoms with E-state index in [4.69, 9.17) is 18.9 Å². The number of hydrogen-bond donors (Lipinski definition) is 0. The van der Waals surface area contributed by atoms with Gasteiger partial charge < -0.3 is 18.9 Å². The van der Waals surface area contributed by atoms with Crippen LogP contribution in [0.3, 0.4) is 0 Å². The molecular formula is C19H22O4. The summed E-state index contributed by atoms with van der Waals surface area (Å²) in [6, 6.07) is 9.69. The van der Waals surface area contributed by atoms with Crippen LogP contribution in [0.2, 0.25) is 0 Å². The predicted octanol–water partition coefficient (Wildman–Crippen LogP) is 4.20. The highest BCUT2D eigenvalue weighted by Crippen LogP contribution is 2.30. The average Bonchev–Trinajstić information content (AvgIpc) is 2.60. The molecule has 23 heavy (non-hydrogen) atoms. The fraction of sp³-hybridized carbons (Fsp3) is 0.263. The van der Waals surface area contributed by atoms with Crippen LogP contribution in [0.5, 0.6) is 23.0 Å². The van der Waals surface area contributed by atoms with Gasteiger partial charge >= 0.3 is 0 Å². The number of ether oxygens (including phenoxy) is 4. The molecule has 0 aromatic heterocycles. The third-order valence-corrected chi connectivity index (χ3v) is 3.62. The Morgan fingerprint density at radius 3 is 1.43 bits per heavy atom. The molecule has 0 bridgehead atoms. The molecular weight excluding hydrogens is 292 g/mol. The quantitative estimate of drug-likeness (QED) is 0.749. The Morgan fingerprint density at radius 1 is 0.609 bits per heavy atom. The summed E-state index contributed by atoms with van der Waals surface area (Å²) < 4.78 is 21.4. The second-order valence-electron chi connectivity index (χ2n) is 5.03. The maximum atomic E-state index is 5.40. The molecule has 0 saturated heterocycles. The summed E-state index contributed by atoms with van der Waals surface area (Å²) in [6.45, 7) is 1.97. The van der Waals surface area contributed by atoms with Gasteiger partial charge in [-0.05, 0) is 42.3 Å². The van der Waals surface area contributed by atoms with Gasteiger partial charge in [-0.2, -0.15) is 0 Å². The van der Waals surface area contributed by atoms with Crippen molar-refractivity contribution in [2.75, 3.05) is 28.4 Å². The van der Waals surface area contributed by atoms with Crippen LogP contribution < -0.4 is 18.9 Å². The molecule has 0 N–H and O–H groups in total. The molecule has 0 aliphatic rings. The van der Waals surface area contributed by atoms with Gasteiger partial charge in [0.2, 0.25) is 0 Å². The molecule has 0 saturated carbocycles. The number of methoxy groups -OCH3 is 4. The van der Waals surface area contributed by atoms with E-state index in [1.807, 2.05) is 49.4 Å². The van der Waals surface area contributed by atoms with Crippen molar-refractivity contribution in [1.82, 2.24) is 0 Å². The Balaban J connectivity index is 2.36. The van der Waals surface area contributed by atoms with Crippen LogP contribution >= 0.6 is 0 Å². The summed E-state index contributed by atoms with van der Waals surface area (Å²) in [7, 11) is 6.58. The Kier molecular flexibility index (Phi) is 5.52. The molecule has 0 aliphatic heterocycles. The normalized spacial score (nSPS) is 10.7. The standard InChI is InChI=1S/C19H22O4/c1-13-18(22-4)10-15(11-19(13)23-5)7-6-14-8-16(20-2)12-17(9-14)21-3/h6-12H,1-5H3/b7-6-. The number of hydrogen-bond acceptors (Lipinski definition) is 4. The SMILES string of the molecule is COc1cc(/C=C\c2cc(OC)c(C)c(OC)c2)cc(OC)c1. The minimum absolute atomic E-state index is 0.753. The van der Waals surface area contributed by atoms with Crippen LogP contribution in [0, 0.1) is 6.92 Å². The van der Waals surface area contributed by atoms with Gasteiger partial charge in [0.25, 0.3) is 0 Å². The third kappa shape index (κ3) is 3.97. The minimum Gasteiger partial charge on any atom is -0.497 e. The Morgan fingerprint density at radius 2 is 1.04 bits per heavy atom. The lowest BCUT2D eigenvalue weighted by atomic mass is 10.1. The first kappa shape index (κ1) is 16.7. The van der Waals surface area contributed by atoms with Crippen molar-refractivity contribution in [1.29, 1.82) is 0 Å². The Bertz CT molecular complexity index is 657. The molecule has 4 heteroatoms. The molecule has 0 unspecified atom stereocenters. The van der Waals surface area contributed by atoms with Gasteiger partial charge in [0.15, 0.2) is 0 Å². The van der Waals surface area contributed by atoms with E-state index in [0.717, 1.165) is 39.7 Å². The van der Waals surface area contributed by atoms with Crippen molar-refractivity contribution in [3.05, 3.63) is 47.0 Å². The molecule has 0 heterocycles. The highest BCUT2D eigenvalue weighted by atomic mass is 16.5. The third-order valence-electron chi connectivity index (χ3n) is 3.62. The largest absolute Gasteiger partial charge is 0.497 e. The van der Waals surface area contributed by atoms with Gasteiger partial charge in [-0.1, -0.05) is 12.2 Å². The number of rotatable bonds is 6. The molecule has 4 nitrogen and oxygen atoms in total. The second-order valence-corrected chi connectivity index (χ2v) is 5.03. The van der Waals surface area contributed by atoms with Crippen LogP contribution in [0.4, 0.5) is 0 Å². The van der Waals surface area contributed by atoms with Crippen molar-refractivity contribution in [2.45, 2.75) is 6.92 Å². The Hall–Kier alpha value is -2.62. The highest BCUT2D eigenvalue weighted by molar-refractivity contribution is 5.73. The minimum atomic E-state index is 0.753. The van der Waals surface area contributed by atoms with Gasteiger partial charge in [-0.3, -0.25) is 0 Å². The molecule has 2 aromatic carbocycles. The van der Waals surface area contributed by atoms with E-state index < -0.39 is 0 Å². The summed E-state index contributed by atoms with van der Waals surface area (Å²) in [5, 5.41) is 0. The number of benzene rings is 2. The van der Waals surface area contributed by atoms with Crippen LogP contribution in [0.15, 0.2) is 30.3 Å². The van der Waals surface area contributed by atoms with E-state index in [1.54, 1.807) is 28.4 Å². The van der Waals surface area contributed by atoms with Crippen LogP contribution in [0.1, 0.15) is 16.7 Å². The van der Waals surface area contributed by atoms with Crippen LogP contribution in [-0.4, -0.2) is 28.4 Å². The summed E-state index contributed by atoms with van der Waals surface area (Å²) >= 11 is 0. The highest BCUT2D eigenvalue weighted by Gasteiger charge is 2.07. The first-order chi connectivity index (χ1) is 11.1. The fourth-order valence-electron chi connectivity index (χ4n) is 2.32. The van der Waals surface area contributed by atoms with Gasteiger partial charge in [-0.25, -0.2) is 0 Å². The molecule has 0 aliphatic carbocycles. The van der Waals surface area contributed by atoms with E-state index in [2.05, 4.69) is 0 Å². The smallest absolute Gasteiger partial charge is 0.126 e. The fourth-order valence-corrected chi connectivity index (χ4v) is 2.32. The molecule has 2 aromatic rings. The van der Waals surface area contributed by atoms with Gasteiger partial charge in [-0.15, -0.1) is 0 Å². The van der Waals surface area contributed by atoms with Crippen molar-refractivity contribution in [3.8, 4) is 23.0 Å². The lowest BCUT2D eigenvalue weighted by molar-refractivity contribution is 0.388. The molecule has 0 amide bonds. The zero-order valence-corrected chi connectivity index (χ0v) is 14.2. The average molecular weight is 314 g/mol. The molecule has 122 valence electrons. The second kappa shape index (κ2) is 7.58. The molecule has 0 fully saturated rings. The van der Waals surface area contributed by atoms with Crippen molar-refractivity contribution < 1.29 is 18.9 Å². The molecule has 0 atom stereocenters. The van der Waals surface area contributed by atoms with E-state index in [9.17, 15) is 0 Å². The van der Waals surface area contributed by atoms with Crippen molar-refractivity contribution >= 4 is 12.2 Å². The summed E-state index contributed by atoms with van der Waals surface area (Å²) in [5.41, 5.74) is 2.96. The van der Waals surface area contributed by atoms with Gasteiger partial charge in [0, 0.05) is 11.6 Å². The lowest BCUT2D eigenvalue weighted by Crippen LogP contribution is -1.93. The summed E-state index contributed by atoms with van der Waals surface area (Å²) in [5.74, 6) is 3.10. The van der Waals surface area contributed by atoms with Gasteiger partial charge in [0.1, 0.15) is 23.0 Å². The van der Waals surface area contributed by atoms with E-state index in [-0.39, 0.29) is 0 Å². The van der Waals surface area contributed by atoms with Gasteiger partial charge in [0.05, 0.1) is 28.4 Å². The maximum Gasteiger partial charge on any atom is 0.126 e. The maximum absolute atomic E-state index is 5.40. The molecule has 0 spiro atoms. The monoisotopic (exact) mass is 314 g/mol. The zero-order valence-electron chi connectivity index (χ0n) is 14.2. The molecule has 0 radical (unpaired) electrons. The van der Waals surface area contributed by atoms with Crippen LogP contribution in [0.25, 0.3) is 12.2 Å². The Labute approximate surface area is 137 Å². The predicted molar refractivity (Wildman–Crippen MR) is 92.8 cm³/mol. The first-order valence-electron chi connectivity index (χ1n) is 7.25. The van der Waals surface area contributed by atoms with E-state index in [0.29, 0.717) is 0 Å². The lowest BCUT2D eigenvalue weighted by Gasteiger charge is -2.11. The van der Waals surface area contributed by atoms with Crippen LogP contribution in [-0.2, 0) is 0 Å². The molecule has 2 rings (SSSR count). The zero-order chi connectivity index (χ0) is 16.8. The van der Waals surface area contributed by atoms with E-state index >= 15 is 0 Å². The van der Waals surface area contributed by atoms with Crippen molar-refractivity contribution in [2.24, 2.45) is 0 Å². The summed E-state index contributed by atoms with van der Waals surface area (Å²) in [6.07, 6.45) is 3.99. The topological polar surface area (TPSA) is 36.9 Å².